The second-order valence-corrected chi connectivity index (χ2v) is 5.64. The molecular formula is C21H24O5. The second kappa shape index (κ2) is 9.61. The number of benzene rings is 2. The summed E-state index contributed by atoms with van der Waals surface area (Å²) in [5.41, 5.74) is 1.38. The number of ether oxygens (including phenoxy) is 3. The summed E-state index contributed by atoms with van der Waals surface area (Å²) in [5, 5.41) is 0. The van der Waals surface area contributed by atoms with Crippen LogP contribution in [0.15, 0.2) is 54.6 Å². The number of hydrogen-bond donors (Lipinski definition) is 0. The van der Waals surface area contributed by atoms with Gasteiger partial charge in [-0.05, 0) is 37.1 Å². The smallest absolute Gasteiger partial charge is 0.314 e. The lowest BCUT2D eigenvalue weighted by molar-refractivity contribution is -0.153. The summed E-state index contributed by atoms with van der Waals surface area (Å²) in [6, 6.07) is 16.2. The first-order valence-corrected chi connectivity index (χ1v) is 8.64. The average molecular weight is 356 g/mol. The zero-order chi connectivity index (χ0) is 18.9. The molecule has 2 atom stereocenters. The van der Waals surface area contributed by atoms with Crippen molar-refractivity contribution in [3.63, 3.8) is 0 Å². The fourth-order valence-electron chi connectivity index (χ4n) is 2.86. The zero-order valence-corrected chi connectivity index (χ0v) is 15.3. The van der Waals surface area contributed by atoms with E-state index in [9.17, 15) is 9.59 Å². The van der Waals surface area contributed by atoms with Crippen LogP contribution in [0.1, 0.15) is 36.8 Å². The first-order valence-electron chi connectivity index (χ1n) is 8.64. The van der Waals surface area contributed by atoms with Gasteiger partial charge in [-0.25, -0.2) is 0 Å². The van der Waals surface area contributed by atoms with Crippen molar-refractivity contribution < 1.29 is 23.8 Å². The summed E-state index contributed by atoms with van der Waals surface area (Å²) in [6.07, 6.45) is 0. The molecule has 0 saturated carbocycles. The summed E-state index contributed by atoms with van der Waals surface area (Å²) < 4.78 is 15.7. The van der Waals surface area contributed by atoms with E-state index in [0.29, 0.717) is 16.9 Å². The van der Waals surface area contributed by atoms with Gasteiger partial charge in [-0.3, -0.25) is 9.59 Å². The fraction of sp³-hybridized carbons (Fsp3) is 0.333. The summed E-state index contributed by atoms with van der Waals surface area (Å²) in [6.45, 7) is 3.95. The topological polar surface area (TPSA) is 61.8 Å². The molecule has 0 aliphatic heterocycles. The number of rotatable bonds is 8. The van der Waals surface area contributed by atoms with E-state index in [0.717, 1.165) is 0 Å². The van der Waals surface area contributed by atoms with E-state index < -0.39 is 23.8 Å². The van der Waals surface area contributed by atoms with Crippen molar-refractivity contribution in [1.29, 1.82) is 0 Å². The van der Waals surface area contributed by atoms with Crippen LogP contribution in [0.4, 0.5) is 0 Å². The lowest BCUT2D eigenvalue weighted by Gasteiger charge is -2.25. The Hall–Kier alpha value is -2.82. The average Bonchev–Trinajstić information content (AvgIpc) is 2.67. The molecule has 0 aliphatic rings. The van der Waals surface area contributed by atoms with Crippen molar-refractivity contribution in [1.82, 2.24) is 0 Å². The monoisotopic (exact) mass is 356 g/mol. The van der Waals surface area contributed by atoms with Crippen molar-refractivity contribution in [2.24, 2.45) is 0 Å². The van der Waals surface area contributed by atoms with Crippen LogP contribution in [0.5, 0.6) is 5.75 Å². The van der Waals surface area contributed by atoms with Crippen LogP contribution in [0.25, 0.3) is 0 Å². The van der Waals surface area contributed by atoms with Crippen LogP contribution >= 0.6 is 0 Å². The van der Waals surface area contributed by atoms with E-state index in [1.165, 1.54) is 0 Å². The number of hydrogen-bond acceptors (Lipinski definition) is 5. The minimum absolute atomic E-state index is 0.232. The third-order valence-electron chi connectivity index (χ3n) is 4.05. The molecule has 0 aromatic heterocycles. The van der Waals surface area contributed by atoms with E-state index in [-0.39, 0.29) is 13.2 Å². The van der Waals surface area contributed by atoms with Gasteiger partial charge < -0.3 is 14.2 Å². The van der Waals surface area contributed by atoms with Gasteiger partial charge in [0.05, 0.1) is 32.2 Å². The Morgan fingerprint density at radius 2 is 1.23 bits per heavy atom. The van der Waals surface area contributed by atoms with Gasteiger partial charge in [0.25, 0.3) is 0 Å². The minimum Gasteiger partial charge on any atom is -0.497 e. The SMILES string of the molecule is CCOC(=O)[C@@H](c1ccccc1)[C@@H](C(=O)OCC)c1ccc(OC)cc1. The van der Waals surface area contributed by atoms with Gasteiger partial charge in [-0.1, -0.05) is 42.5 Å². The van der Waals surface area contributed by atoms with E-state index in [2.05, 4.69) is 0 Å². The normalized spacial score (nSPS) is 12.7. The molecule has 0 fully saturated rings. The molecule has 0 aliphatic carbocycles. The summed E-state index contributed by atoms with van der Waals surface area (Å²) in [7, 11) is 1.57. The standard InChI is InChI=1S/C21H24O5/c1-4-25-20(22)18(15-9-7-6-8-10-15)19(21(23)26-5-2)16-11-13-17(24-3)14-12-16/h6-14,18-19H,4-5H2,1-3H3/t18-,19-/m0/s1. The predicted octanol–water partition coefficient (Wildman–Crippen LogP) is 3.69. The number of carbonyl (C=O) groups is 2. The van der Waals surface area contributed by atoms with Gasteiger partial charge in [0.15, 0.2) is 0 Å². The first kappa shape index (κ1) is 19.5. The van der Waals surface area contributed by atoms with Crippen molar-refractivity contribution in [3.8, 4) is 5.75 Å². The van der Waals surface area contributed by atoms with Gasteiger partial charge in [0.2, 0.25) is 0 Å². The highest BCUT2D eigenvalue weighted by atomic mass is 16.5. The van der Waals surface area contributed by atoms with E-state index >= 15 is 0 Å². The van der Waals surface area contributed by atoms with E-state index in [1.54, 1.807) is 45.2 Å². The Kier molecular flexibility index (Phi) is 7.21. The van der Waals surface area contributed by atoms with Crippen molar-refractivity contribution in [2.75, 3.05) is 20.3 Å². The van der Waals surface area contributed by atoms with Crippen LogP contribution in [0.2, 0.25) is 0 Å². The van der Waals surface area contributed by atoms with Gasteiger partial charge in [-0.15, -0.1) is 0 Å². The summed E-state index contributed by atoms with van der Waals surface area (Å²) >= 11 is 0. The van der Waals surface area contributed by atoms with E-state index in [4.69, 9.17) is 14.2 Å². The molecule has 0 N–H and O–H groups in total. The number of methoxy groups -OCH3 is 1. The Morgan fingerprint density at radius 1 is 0.769 bits per heavy atom. The summed E-state index contributed by atoms with van der Waals surface area (Å²) in [4.78, 5) is 25.5. The van der Waals surface area contributed by atoms with Crippen LogP contribution in [0.3, 0.4) is 0 Å². The van der Waals surface area contributed by atoms with Gasteiger partial charge in [0.1, 0.15) is 5.75 Å². The molecule has 0 radical (unpaired) electrons. The van der Waals surface area contributed by atoms with Gasteiger partial charge in [0, 0.05) is 0 Å². The molecule has 2 rings (SSSR count). The Labute approximate surface area is 153 Å². The highest BCUT2D eigenvalue weighted by Gasteiger charge is 2.38. The van der Waals surface area contributed by atoms with Crippen LogP contribution < -0.4 is 4.74 Å². The Bertz CT molecular complexity index is 709. The van der Waals surface area contributed by atoms with Crippen molar-refractivity contribution in [2.45, 2.75) is 25.7 Å². The Morgan fingerprint density at radius 3 is 1.65 bits per heavy atom. The van der Waals surface area contributed by atoms with Crippen LogP contribution in [-0.2, 0) is 19.1 Å². The van der Waals surface area contributed by atoms with Gasteiger partial charge in [-0.2, -0.15) is 0 Å². The molecule has 0 spiro atoms. The number of esters is 2. The second-order valence-electron chi connectivity index (χ2n) is 5.64. The molecule has 5 heteroatoms. The maximum absolute atomic E-state index is 12.8. The molecule has 0 unspecified atom stereocenters. The Balaban J connectivity index is 2.53. The lowest BCUT2D eigenvalue weighted by atomic mass is 9.81. The first-order chi connectivity index (χ1) is 12.6. The van der Waals surface area contributed by atoms with Crippen LogP contribution in [-0.4, -0.2) is 32.3 Å². The lowest BCUT2D eigenvalue weighted by Crippen LogP contribution is -2.29. The quantitative estimate of drug-likeness (QED) is 0.675. The minimum atomic E-state index is -0.803. The maximum atomic E-state index is 12.8. The molecular weight excluding hydrogens is 332 g/mol. The van der Waals surface area contributed by atoms with Crippen molar-refractivity contribution >= 4 is 11.9 Å². The van der Waals surface area contributed by atoms with Crippen molar-refractivity contribution in [3.05, 3.63) is 65.7 Å². The third-order valence-corrected chi connectivity index (χ3v) is 4.05. The molecule has 2 aromatic rings. The summed E-state index contributed by atoms with van der Waals surface area (Å²) in [5.74, 6) is -1.83. The fourth-order valence-corrected chi connectivity index (χ4v) is 2.86. The zero-order valence-electron chi connectivity index (χ0n) is 15.3. The molecule has 26 heavy (non-hydrogen) atoms. The van der Waals surface area contributed by atoms with Gasteiger partial charge >= 0.3 is 11.9 Å². The molecule has 0 heterocycles. The molecule has 2 aromatic carbocycles. The maximum Gasteiger partial charge on any atom is 0.314 e. The predicted molar refractivity (Wildman–Crippen MR) is 98.2 cm³/mol. The van der Waals surface area contributed by atoms with E-state index in [1.807, 2.05) is 30.3 Å². The molecule has 138 valence electrons. The largest absolute Gasteiger partial charge is 0.497 e. The van der Waals surface area contributed by atoms with Crippen LogP contribution in [0, 0.1) is 0 Å². The molecule has 0 amide bonds. The highest BCUT2D eigenvalue weighted by molar-refractivity contribution is 5.90. The molecule has 0 saturated heterocycles. The third kappa shape index (κ3) is 4.63. The highest BCUT2D eigenvalue weighted by Crippen LogP contribution is 2.36. The number of carbonyl (C=O) groups excluding carboxylic acids is 2. The molecule has 0 bridgehead atoms. The molecule has 5 nitrogen and oxygen atoms in total.